The van der Waals surface area contributed by atoms with Gasteiger partial charge in [0, 0.05) is 6.42 Å². The highest BCUT2D eigenvalue weighted by molar-refractivity contribution is 5.65. The van der Waals surface area contributed by atoms with Crippen molar-refractivity contribution in [3.63, 3.8) is 0 Å². The summed E-state index contributed by atoms with van der Waals surface area (Å²) in [6, 6.07) is 0. The molecule has 0 heterocycles. The topological polar surface area (TPSA) is 145 Å². The van der Waals surface area contributed by atoms with Gasteiger partial charge in [0.2, 0.25) is 0 Å². The van der Waals surface area contributed by atoms with Crippen LogP contribution in [0.1, 0.15) is 19.3 Å². The number of hydrogen-bond acceptors (Lipinski definition) is 6. The Hall–Kier alpha value is -1.54. The summed E-state index contributed by atoms with van der Waals surface area (Å²) < 4.78 is 9.21. The molecule has 0 aromatic carbocycles. The summed E-state index contributed by atoms with van der Waals surface area (Å²) in [5.41, 5.74) is 9.61. The Labute approximate surface area is 98.5 Å². The van der Waals surface area contributed by atoms with Crippen LogP contribution in [0.15, 0.2) is 0 Å². The monoisotopic (exact) mass is 250 g/mol. The second-order valence-corrected chi connectivity index (χ2v) is 3.44. The van der Waals surface area contributed by atoms with Gasteiger partial charge in [-0.1, -0.05) is 0 Å². The number of carbonyl (C=O) groups is 2. The van der Waals surface area contributed by atoms with Gasteiger partial charge in [-0.05, 0) is 12.8 Å². The summed E-state index contributed by atoms with van der Waals surface area (Å²) in [7, 11) is 0. The number of carbonyl (C=O) groups excluding carboxylic acids is 2. The molecule has 6 N–H and O–H groups in total. The highest BCUT2D eigenvalue weighted by Crippen LogP contribution is 2.10. The van der Waals surface area contributed by atoms with Crippen LogP contribution in [0.2, 0.25) is 0 Å². The van der Waals surface area contributed by atoms with E-state index < -0.39 is 31.0 Å². The Bertz CT molecular complexity index is 248. The zero-order chi connectivity index (χ0) is 13.3. The van der Waals surface area contributed by atoms with Crippen molar-refractivity contribution in [3.8, 4) is 0 Å². The van der Waals surface area contributed by atoms with E-state index in [1.807, 2.05) is 0 Å². The van der Waals surface area contributed by atoms with Gasteiger partial charge in [0.15, 0.2) is 0 Å². The zero-order valence-corrected chi connectivity index (χ0v) is 9.37. The maximum Gasteiger partial charge on any atom is 0.404 e. The van der Waals surface area contributed by atoms with Crippen molar-refractivity contribution in [2.24, 2.45) is 11.5 Å². The van der Waals surface area contributed by atoms with Gasteiger partial charge in [-0.3, -0.25) is 0 Å². The summed E-state index contributed by atoms with van der Waals surface area (Å²) in [4.78, 5) is 20.8. The van der Waals surface area contributed by atoms with E-state index >= 15 is 0 Å². The van der Waals surface area contributed by atoms with E-state index in [1.165, 1.54) is 0 Å². The third-order valence-electron chi connectivity index (χ3n) is 1.94. The zero-order valence-electron chi connectivity index (χ0n) is 9.37. The summed E-state index contributed by atoms with van der Waals surface area (Å²) in [5, 5.41) is 17.9. The van der Waals surface area contributed by atoms with Crippen molar-refractivity contribution in [2.45, 2.75) is 31.5 Å². The van der Waals surface area contributed by atoms with Crippen molar-refractivity contribution in [1.82, 2.24) is 0 Å². The predicted molar refractivity (Wildman–Crippen MR) is 56.9 cm³/mol. The first-order chi connectivity index (χ1) is 7.95. The van der Waals surface area contributed by atoms with Crippen LogP contribution in [0.3, 0.4) is 0 Å². The third kappa shape index (κ3) is 9.39. The van der Waals surface area contributed by atoms with Crippen molar-refractivity contribution in [1.29, 1.82) is 0 Å². The molecule has 17 heavy (non-hydrogen) atoms. The van der Waals surface area contributed by atoms with E-state index in [0.29, 0.717) is 12.8 Å². The predicted octanol–water partition coefficient (Wildman–Crippen LogP) is -0.931. The normalized spacial score (nSPS) is 13.8. The fourth-order valence-corrected chi connectivity index (χ4v) is 1.25. The molecule has 8 nitrogen and oxygen atoms in total. The second-order valence-electron chi connectivity index (χ2n) is 3.44. The molecule has 0 aliphatic carbocycles. The molecule has 0 saturated carbocycles. The summed E-state index contributed by atoms with van der Waals surface area (Å²) in [5.74, 6) is 0. The van der Waals surface area contributed by atoms with Crippen molar-refractivity contribution < 1.29 is 29.3 Å². The van der Waals surface area contributed by atoms with Gasteiger partial charge in [0.05, 0.1) is 19.3 Å². The molecule has 100 valence electrons. The first-order valence-corrected chi connectivity index (χ1v) is 5.13. The average molecular weight is 250 g/mol. The lowest BCUT2D eigenvalue weighted by atomic mass is 10.1. The summed E-state index contributed by atoms with van der Waals surface area (Å²) >= 11 is 0. The van der Waals surface area contributed by atoms with Gasteiger partial charge in [-0.2, -0.15) is 0 Å². The molecule has 8 heteroatoms. The maximum atomic E-state index is 10.6. The lowest BCUT2D eigenvalue weighted by molar-refractivity contribution is 0.0258. The van der Waals surface area contributed by atoms with Crippen molar-refractivity contribution in [3.05, 3.63) is 0 Å². The van der Waals surface area contributed by atoms with Crippen LogP contribution in [0, 0.1) is 0 Å². The molecular formula is C9H18N2O6. The van der Waals surface area contributed by atoms with Crippen LogP contribution in [-0.2, 0) is 9.47 Å². The number of ether oxygens (including phenoxy) is 2. The van der Waals surface area contributed by atoms with Gasteiger partial charge >= 0.3 is 12.2 Å². The van der Waals surface area contributed by atoms with E-state index in [2.05, 4.69) is 4.74 Å². The first kappa shape index (κ1) is 15.5. The number of nitrogens with two attached hydrogens (primary N) is 2. The molecule has 2 unspecified atom stereocenters. The molecule has 0 aromatic heterocycles. The number of rotatable bonds is 8. The second kappa shape index (κ2) is 8.59. The largest absolute Gasteiger partial charge is 0.450 e. The highest BCUT2D eigenvalue weighted by atomic mass is 16.6. The molecule has 2 atom stereocenters. The number of hydrogen-bond donors (Lipinski definition) is 4. The van der Waals surface area contributed by atoms with Gasteiger partial charge in [0.25, 0.3) is 0 Å². The fraction of sp³-hybridized carbons (Fsp3) is 0.778. The quantitative estimate of drug-likeness (QED) is 0.409. The van der Waals surface area contributed by atoms with Crippen LogP contribution in [0.25, 0.3) is 0 Å². The number of amides is 2. The lowest BCUT2D eigenvalue weighted by Crippen LogP contribution is -2.28. The van der Waals surface area contributed by atoms with Crippen LogP contribution in [0.4, 0.5) is 9.59 Å². The highest BCUT2D eigenvalue weighted by Gasteiger charge is 2.17. The van der Waals surface area contributed by atoms with Crippen LogP contribution in [-0.4, -0.2) is 47.8 Å². The fourth-order valence-electron chi connectivity index (χ4n) is 1.25. The number of aliphatic hydroxyl groups is 2. The van der Waals surface area contributed by atoms with Crippen molar-refractivity contribution >= 4 is 12.2 Å². The minimum atomic E-state index is -0.989. The first-order valence-electron chi connectivity index (χ1n) is 5.13. The number of aliphatic hydroxyl groups excluding tert-OH is 2. The van der Waals surface area contributed by atoms with E-state index in [9.17, 15) is 14.7 Å². The average Bonchev–Trinajstić information content (AvgIpc) is 2.22. The Balaban J connectivity index is 3.92. The Kier molecular flexibility index (Phi) is 7.82. The van der Waals surface area contributed by atoms with Crippen molar-refractivity contribution in [2.75, 3.05) is 13.2 Å². The molecule has 0 aliphatic rings. The standard InChI is InChI=1S/C9H18N2O6/c10-8(14)16-3-1-2-7(17-9(11)15)4-6(13)5-12/h6-7,12-13H,1-5H2,(H2,10,14)(H2,11,15). The Morgan fingerprint density at radius 2 is 1.88 bits per heavy atom. The maximum absolute atomic E-state index is 10.6. The minimum Gasteiger partial charge on any atom is -0.450 e. The van der Waals surface area contributed by atoms with Gasteiger partial charge in [-0.15, -0.1) is 0 Å². The molecule has 0 spiro atoms. The molecular weight excluding hydrogens is 232 g/mol. The Morgan fingerprint density at radius 3 is 2.35 bits per heavy atom. The molecule has 0 aliphatic heterocycles. The van der Waals surface area contributed by atoms with E-state index in [1.54, 1.807) is 0 Å². The van der Waals surface area contributed by atoms with E-state index in [-0.39, 0.29) is 13.0 Å². The molecule has 0 fully saturated rings. The number of primary amides is 2. The molecule has 0 radical (unpaired) electrons. The molecule has 2 amide bonds. The van der Waals surface area contributed by atoms with Crippen LogP contribution in [0.5, 0.6) is 0 Å². The van der Waals surface area contributed by atoms with Gasteiger partial charge < -0.3 is 31.2 Å². The Morgan fingerprint density at radius 1 is 1.24 bits per heavy atom. The SMILES string of the molecule is NC(=O)OCCCC(CC(O)CO)OC(N)=O. The summed E-state index contributed by atoms with van der Waals surface area (Å²) in [6.45, 7) is -0.348. The molecule has 0 aromatic rings. The van der Waals surface area contributed by atoms with Gasteiger partial charge in [0.1, 0.15) is 6.10 Å². The smallest absolute Gasteiger partial charge is 0.404 e. The molecule has 0 saturated heterocycles. The lowest BCUT2D eigenvalue weighted by Gasteiger charge is -2.18. The molecule has 0 rings (SSSR count). The van der Waals surface area contributed by atoms with Crippen LogP contribution < -0.4 is 11.5 Å². The van der Waals surface area contributed by atoms with E-state index in [0.717, 1.165) is 0 Å². The van der Waals surface area contributed by atoms with Crippen LogP contribution >= 0.6 is 0 Å². The summed E-state index contributed by atoms with van der Waals surface area (Å²) in [6.07, 6.45) is -2.66. The van der Waals surface area contributed by atoms with Gasteiger partial charge in [-0.25, -0.2) is 9.59 Å². The minimum absolute atomic E-state index is 0.0655. The van der Waals surface area contributed by atoms with E-state index in [4.69, 9.17) is 21.3 Å². The third-order valence-corrected chi connectivity index (χ3v) is 1.94. The molecule has 0 bridgehead atoms.